The van der Waals surface area contributed by atoms with Crippen molar-refractivity contribution in [2.75, 3.05) is 25.6 Å². The molecule has 0 fully saturated rings. The van der Waals surface area contributed by atoms with Crippen LogP contribution in [0.5, 0.6) is 5.75 Å². The van der Waals surface area contributed by atoms with Gasteiger partial charge in [-0.05, 0) is 56.7 Å². The summed E-state index contributed by atoms with van der Waals surface area (Å²) in [5.74, 6) is -1.13. The van der Waals surface area contributed by atoms with Crippen LogP contribution in [0.3, 0.4) is 0 Å². The van der Waals surface area contributed by atoms with E-state index in [2.05, 4.69) is 20.7 Å². The first-order chi connectivity index (χ1) is 16.2. The molecule has 3 rings (SSSR count). The minimum absolute atomic E-state index is 0.0715. The number of rotatable bonds is 8. The van der Waals surface area contributed by atoms with Crippen LogP contribution in [0.25, 0.3) is 5.82 Å². The van der Waals surface area contributed by atoms with Crippen molar-refractivity contribution in [2.24, 2.45) is 0 Å². The molecule has 0 bridgehead atoms. The standard InChI is InChI=1S/C23H24ClN5O5/c1-13-5-7-18(33-4)17(9-13)26-20(30)11-25-21(31)12-34-23(32)22-16(24)6-8-19(27-22)29-15(3)10-14(2)28-29/h5-10H,11-12H2,1-4H3,(H,25,31)(H,26,30). The summed E-state index contributed by atoms with van der Waals surface area (Å²) < 4.78 is 11.8. The third-order valence-corrected chi connectivity index (χ3v) is 4.97. The van der Waals surface area contributed by atoms with Gasteiger partial charge < -0.3 is 20.1 Å². The number of ether oxygens (including phenoxy) is 2. The zero-order valence-corrected chi connectivity index (χ0v) is 19.9. The second-order valence-corrected chi connectivity index (χ2v) is 7.85. The minimum Gasteiger partial charge on any atom is -0.495 e. The zero-order valence-electron chi connectivity index (χ0n) is 19.1. The van der Waals surface area contributed by atoms with E-state index >= 15 is 0 Å². The van der Waals surface area contributed by atoms with E-state index in [4.69, 9.17) is 21.1 Å². The number of carbonyl (C=O) groups excluding carboxylic acids is 3. The van der Waals surface area contributed by atoms with E-state index in [0.29, 0.717) is 17.3 Å². The monoisotopic (exact) mass is 485 g/mol. The largest absolute Gasteiger partial charge is 0.495 e. The predicted molar refractivity (Wildman–Crippen MR) is 125 cm³/mol. The van der Waals surface area contributed by atoms with E-state index in [1.807, 2.05) is 32.9 Å². The molecule has 1 aromatic carbocycles. The average molecular weight is 486 g/mol. The molecule has 0 aliphatic rings. The van der Waals surface area contributed by atoms with Crippen LogP contribution in [-0.4, -0.2) is 52.8 Å². The van der Waals surface area contributed by atoms with E-state index in [1.165, 1.54) is 13.2 Å². The number of carbonyl (C=O) groups is 3. The number of esters is 1. The Morgan fingerprint density at radius 3 is 2.50 bits per heavy atom. The SMILES string of the molecule is COc1ccc(C)cc1NC(=O)CNC(=O)COC(=O)c1nc(-n2nc(C)cc2C)ccc1Cl. The average Bonchev–Trinajstić information content (AvgIpc) is 3.14. The Balaban J connectivity index is 1.55. The number of hydrogen-bond donors (Lipinski definition) is 2. The first-order valence-electron chi connectivity index (χ1n) is 10.3. The summed E-state index contributed by atoms with van der Waals surface area (Å²) in [5, 5.41) is 9.44. The maximum Gasteiger partial charge on any atom is 0.359 e. The van der Waals surface area contributed by atoms with E-state index < -0.39 is 24.4 Å². The quantitative estimate of drug-likeness (QED) is 0.470. The van der Waals surface area contributed by atoms with Gasteiger partial charge in [0.25, 0.3) is 5.91 Å². The van der Waals surface area contributed by atoms with Crippen molar-refractivity contribution in [1.29, 1.82) is 0 Å². The summed E-state index contributed by atoms with van der Waals surface area (Å²) in [6.07, 6.45) is 0. The molecule has 0 radical (unpaired) electrons. The normalized spacial score (nSPS) is 10.5. The van der Waals surface area contributed by atoms with Gasteiger partial charge in [-0.15, -0.1) is 0 Å². The number of nitrogens with one attached hydrogen (secondary N) is 2. The van der Waals surface area contributed by atoms with Gasteiger partial charge in [-0.3, -0.25) is 9.59 Å². The number of anilines is 1. The Hall–Kier alpha value is -3.92. The summed E-state index contributed by atoms with van der Waals surface area (Å²) in [5.41, 5.74) is 2.88. The number of hydrogen-bond acceptors (Lipinski definition) is 7. The Morgan fingerprint density at radius 1 is 1.06 bits per heavy atom. The van der Waals surface area contributed by atoms with Crippen LogP contribution in [0, 0.1) is 20.8 Å². The molecule has 2 amide bonds. The van der Waals surface area contributed by atoms with Gasteiger partial charge in [0.05, 0.1) is 30.1 Å². The van der Waals surface area contributed by atoms with Gasteiger partial charge >= 0.3 is 5.97 Å². The van der Waals surface area contributed by atoms with Crippen molar-refractivity contribution in [3.63, 3.8) is 0 Å². The number of nitrogens with zero attached hydrogens (tertiary/aromatic N) is 3. The molecule has 0 atom stereocenters. The lowest BCUT2D eigenvalue weighted by molar-refractivity contribution is -0.126. The minimum atomic E-state index is -0.877. The lowest BCUT2D eigenvalue weighted by Crippen LogP contribution is -2.35. The number of aromatic nitrogens is 3. The number of amides is 2. The molecule has 2 aromatic heterocycles. The molecule has 0 aliphatic heterocycles. The van der Waals surface area contributed by atoms with Crippen molar-refractivity contribution in [1.82, 2.24) is 20.1 Å². The molecule has 0 unspecified atom stereocenters. The smallest absolute Gasteiger partial charge is 0.359 e. The van der Waals surface area contributed by atoms with Crippen molar-refractivity contribution in [2.45, 2.75) is 20.8 Å². The lowest BCUT2D eigenvalue weighted by atomic mass is 10.2. The molecular weight excluding hydrogens is 462 g/mol. The molecule has 0 saturated carbocycles. The van der Waals surface area contributed by atoms with Crippen molar-refractivity contribution in [3.8, 4) is 11.6 Å². The van der Waals surface area contributed by atoms with Gasteiger partial charge in [-0.1, -0.05) is 17.7 Å². The molecule has 2 heterocycles. The Morgan fingerprint density at radius 2 is 1.82 bits per heavy atom. The van der Waals surface area contributed by atoms with Crippen LogP contribution in [0.15, 0.2) is 36.4 Å². The fraction of sp³-hybridized carbons (Fsp3) is 0.261. The number of benzene rings is 1. The highest BCUT2D eigenvalue weighted by molar-refractivity contribution is 6.33. The summed E-state index contributed by atoms with van der Waals surface area (Å²) in [4.78, 5) is 40.9. The highest BCUT2D eigenvalue weighted by Gasteiger charge is 2.18. The third kappa shape index (κ3) is 6.10. The van der Waals surface area contributed by atoms with E-state index in [9.17, 15) is 14.4 Å². The summed E-state index contributed by atoms with van der Waals surface area (Å²) >= 11 is 6.10. The van der Waals surface area contributed by atoms with Crippen LogP contribution in [0.1, 0.15) is 27.4 Å². The highest BCUT2D eigenvalue weighted by Crippen LogP contribution is 2.25. The van der Waals surface area contributed by atoms with Crippen molar-refractivity contribution < 1.29 is 23.9 Å². The van der Waals surface area contributed by atoms with Crippen LogP contribution in [0.4, 0.5) is 5.69 Å². The van der Waals surface area contributed by atoms with E-state index in [1.54, 1.807) is 22.9 Å². The van der Waals surface area contributed by atoms with Crippen molar-refractivity contribution in [3.05, 3.63) is 64.1 Å². The molecule has 0 saturated heterocycles. The van der Waals surface area contributed by atoms with Gasteiger partial charge in [-0.25, -0.2) is 14.5 Å². The van der Waals surface area contributed by atoms with Crippen LogP contribution < -0.4 is 15.4 Å². The second-order valence-electron chi connectivity index (χ2n) is 7.44. The van der Waals surface area contributed by atoms with Crippen LogP contribution >= 0.6 is 11.6 Å². The molecule has 0 aliphatic carbocycles. The maximum absolute atomic E-state index is 12.5. The summed E-state index contributed by atoms with van der Waals surface area (Å²) in [6, 6.07) is 10.3. The number of halogens is 1. The molecule has 10 nitrogen and oxygen atoms in total. The molecule has 2 N–H and O–H groups in total. The van der Waals surface area contributed by atoms with Gasteiger partial charge in [0.1, 0.15) is 5.75 Å². The highest BCUT2D eigenvalue weighted by atomic mass is 35.5. The molecule has 0 spiro atoms. The Kier molecular flexibility index (Phi) is 7.85. The predicted octanol–water partition coefficient (Wildman–Crippen LogP) is 2.77. The Bertz CT molecular complexity index is 1240. The fourth-order valence-electron chi connectivity index (χ4n) is 3.10. The second kappa shape index (κ2) is 10.8. The summed E-state index contributed by atoms with van der Waals surface area (Å²) in [6.45, 7) is 4.63. The number of aryl methyl sites for hydroxylation is 3. The number of methoxy groups -OCH3 is 1. The van der Waals surface area contributed by atoms with Gasteiger partial charge in [0.2, 0.25) is 5.91 Å². The van der Waals surface area contributed by atoms with Crippen LogP contribution in [-0.2, 0) is 14.3 Å². The topological polar surface area (TPSA) is 124 Å². The lowest BCUT2D eigenvalue weighted by Gasteiger charge is -2.12. The fourth-order valence-corrected chi connectivity index (χ4v) is 3.28. The number of pyridine rings is 1. The first kappa shape index (κ1) is 24.7. The molecular formula is C23H24ClN5O5. The van der Waals surface area contributed by atoms with Gasteiger partial charge in [-0.2, -0.15) is 5.10 Å². The first-order valence-corrected chi connectivity index (χ1v) is 10.6. The molecule has 3 aromatic rings. The van der Waals surface area contributed by atoms with Gasteiger partial charge in [0, 0.05) is 5.69 Å². The molecule has 11 heteroatoms. The van der Waals surface area contributed by atoms with E-state index in [-0.39, 0.29) is 17.3 Å². The maximum atomic E-state index is 12.5. The van der Waals surface area contributed by atoms with E-state index in [0.717, 1.165) is 17.0 Å². The summed E-state index contributed by atoms with van der Waals surface area (Å²) in [7, 11) is 1.49. The zero-order chi connectivity index (χ0) is 24.8. The Labute approximate surface area is 201 Å². The van der Waals surface area contributed by atoms with Crippen molar-refractivity contribution >= 4 is 35.1 Å². The third-order valence-electron chi connectivity index (χ3n) is 4.66. The van der Waals surface area contributed by atoms with Crippen LogP contribution in [0.2, 0.25) is 5.02 Å². The molecule has 178 valence electrons. The molecule has 34 heavy (non-hydrogen) atoms. The van der Waals surface area contributed by atoms with Gasteiger partial charge in [0.15, 0.2) is 18.1 Å².